The van der Waals surface area contributed by atoms with Crippen LogP contribution in [-0.4, -0.2) is 31.1 Å². The van der Waals surface area contributed by atoms with Crippen molar-refractivity contribution in [1.82, 2.24) is 0 Å². The lowest BCUT2D eigenvalue weighted by Gasteiger charge is -2.07. The van der Waals surface area contributed by atoms with Gasteiger partial charge in [0.2, 0.25) is 0 Å². The summed E-state index contributed by atoms with van der Waals surface area (Å²) in [7, 11) is 0. The maximum absolute atomic E-state index is 11.8. The molecule has 0 atom stereocenters. The average molecular weight is 393 g/mol. The molecule has 0 amide bonds. The first-order chi connectivity index (χ1) is 13.9. The molecule has 7 heteroatoms. The van der Waals surface area contributed by atoms with Crippen molar-refractivity contribution in [2.24, 2.45) is 0 Å². The van der Waals surface area contributed by atoms with E-state index in [-0.39, 0.29) is 18.8 Å². The lowest BCUT2D eigenvalue weighted by Crippen LogP contribution is -2.19. The number of carbonyl (C=O) groups is 3. The van der Waals surface area contributed by atoms with Crippen LogP contribution in [0.25, 0.3) is 16.0 Å². The van der Waals surface area contributed by atoms with E-state index in [2.05, 4.69) is 11.4 Å². The fourth-order valence-corrected chi connectivity index (χ4v) is 2.19. The second-order valence-electron chi connectivity index (χ2n) is 5.97. The molecule has 148 valence electrons. The van der Waals surface area contributed by atoms with E-state index < -0.39 is 24.3 Å². The van der Waals surface area contributed by atoms with Crippen LogP contribution in [0.3, 0.4) is 0 Å². The van der Waals surface area contributed by atoms with E-state index in [1.165, 1.54) is 6.92 Å². The minimum absolute atomic E-state index is 0.120. The quantitative estimate of drug-likeness (QED) is 0.169. The third kappa shape index (κ3) is 6.96. The maximum Gasteiger partial charge on any atom is 0.333 e. The maximum atomic E-state index is 11.8. The van der Waals surface area contributed by atoms with Crippen LogP contribution in [0.2, 0.25) is 0 Å². The van der Waals surface area contributed by atoms with E-state index in [0.29, 0.717) is 11.4 Å². The van der Waals surface area contributed by atoms with E-state index in [0.717, 1.165) is 11.1 Å². The van der Waals surface area contributed by atoms with Gasteiger partial charge < -0.3 is 14.2 Å². The van der Waals surface area contributed by atoms with E-state index in [1.54, 1.807) is 36.4 Å². The molecule has 0 aliphatic carbocycles. The van der Waals surface area contributed by atoms with E-state index in [1.807, 2.05) is 12.1 Å². The monoisotopic (exact) mass is 393 g/mol. The molecule has 0 aliphatic heterocycles. The lowest BCUT2D eigenvalue weighted by atomic mass is 10.1. The minimum atomic E-state index is -0.780. The zero-order valence-corrected chi connectivity index (χ0v) is 15.8. The van der Waals surface area contributed by atoms with Gasteiger partial charge in [0.1, 0.15) is 25.4 Å². The highest BCUT2D eigenvalue weighted by molar-refractivity contribution is 5.92. The first kappa shape index (κ1) is 21.4. The average Bonchev–Trinajstić information content (AvgIpc) is 2.71. The Morgan fingerprint density at radius 3 is 2.00 bits per heavy atom. The van der Waals surface area contributed by atoms with Gasteiger partial charge in [0.25, 0.3) is 0 Å². The van der Waals surface area contributed by atoms with Crippen LogP contribution in [-0.2, 0) is 23.9 Å². The molecule has 0 fully saturated rings. The third-order valence-electron chi connectivity index (χ3n) is 3.63. The SMILES string of the molecule is [C-]#[N+]c1ccc(-c2ccc(OC(=O)CC(=O)OCCOC(=O)C(=C)C)cc2)cc1. The summed E-state index contributed by atoms with van der Waals surface area (Å²) in [6.45, 7) is 11.6. The van der Waals surface area contributed by atoms with Crippen molar-refractivity contribution in [2.75, 3.05) is 13.2 Å². The molecule has 2 aromatic carbocycles. The number of hydrogen-bond donors (Lipinski definition) is 0. The van der Waals surface area contributed by atoms with E-state index in [4.69, 9.17) is 20.8 Å². The number of carbonyl (C=O) groups excluding carboxylic acids is 3. The Balaban J connectivity index is 1.78. The summed E-state index contributed by atoms with van der Waals surface area (Å²) in [6.07, 6.45) is -0.561. The van der Waals surface area contributed by atoms with Gasteiger partial charge in [-0.3, -0.25) is 9.59 Å². The summed E-state index contributed by atoms with van der Waals surface area (Å²) in [6, 6.07) is 13.9. The highest BCUT2D eigenvalue weighted by Gasteiger charge is 2.13. The highest BCUT2D eigenvalue weighted by atomic mass is 16.6. The van der Waals surface area contributed by atoms with Gasteiger partial charge in [-0.1, -0.05) is 43.0 Å². The van der Waals surface area contributed by atoms with Gasteiger partial charge in [-0.2, -0.15) is 0 Å². The molecule has 0 N–H and O–H groups in total. The van der Waals surface area contributed by atoms with Crippen LogP contribution in [0.1, 0.15) is 13.3 Å². The van der Waals surface area contributed by atoms with Crippen LogP contribution in [0.5, 0.6) is 5.75 Å². The Bertz CT molecular complexity index is 939. The number of benzene rings is 2. The van der Waals surface area contributed by atoms with Crippen LogP contribution >= 0.6 is 0 Å². The van der Waals surface area contributed by atoms with Gasteiger partial charge in [0.05, 0.1) is 6.57 Å². The molecule has 29 heavy (non-hydrogen) atoms. The lowest BCUT2D eigenvalue weighted by molar-refractivity contribution is -0.154. The Morgan fingerprint density at radius 1 is 0.897 bits per heavy atom. The Kier molecular flexibility index (Phi) is 7.68. The van der Waals surface area contributed by atoms with E-state index >= 15 is 0 Å². The van der Waals surface area contributed by atoms with Gasteiger partial charge in [0.15, 0.2) is 5.69 Å². The minimum Gasteiger partial charge on any atom is -0.462 e. The Labute approximate surface area is 168 Å². The summed E-state index contributed by atoms with van der Waals surface area (Å²) in [5.74, 6) is -1.83. The van der Waals surface area contributed by atoms with Crippen molar-refractivity contribution in [1.29, 1.82) is 0 Å². The van der Waals surface area contributed by atoms with Gasteiger partial charge >= 0.3 is 17.9 Å². The van der Waals surface area contributed by atoms with Gasteiger partial charge in [-0.05, 0) is 30.2 Å². The van der Waals surface area contributed by atoms with Gasteiger partial charge in [0, 0.05) is 5.57 Å². The fraction of sp³-hybridized carbons (Fsp3) is 0.182. The van der Waals surface area contributed by atoms with Crippen LogP contribution in [0.15, 0.2) is 60.7 Å². The molecule has 0 spiro atoms. The van der Waals surface area contributed by atoms with Crippen LogP contribution < -0.4 is 4.74 Å². The van der Waals surface area contributed by atoms with Crippen molar-refractivity contribution in [3.8, 4) is 16.9 Å². The van der Waals surface area contributed by atoms with Crippen molar-refractivity contribution in [3.63, 3.8) is 0 Å². The molecule has 0 heterocycles. The van der Waals surface area contributed by atoms with Crippen molar-refractivity contribution in [2.45, 2.75) is 13.3 Å². The molecule has 2 rings (SSSR count). The molecular weight excluding hydrogens is 374 g/mol. The first-order valence-electron chi connectivity index (χ1n) is 8.66. The van der Waals surface area contributed by atoms with E-state index in [9.17, 15) is 14.4 Å². The molecule has 7 nitrogen and oxygen atoms in total. The second-order valence-corrected chi connectivity index (χ2v) is 5.97. The summed E-state index contributed by atoms with van der Waals surface area (Å²) in [5, 5.41) is 0. The summed E-state index contributed by atoms with van der Waals surface area (Å²) in [5.41, 5.74) is 2.61. The molecule has 0 saturated heterocycles. The number of rotatable bonds is 8. The molecule has 0 bridgehead atoms. The van der Waals surface area contributed by atoms with Crippen LogP contribution in [0.4, 0.5) is 5.69 Å². The summed E-state index contributed by atoms with van der Waals surface area (Å²) in [4.78, 5) is 37.9. The zero-order chi connectivity index (χ0) is 21.2. The van der Waals surface area contributed by atoms with Gasteiger partial charge in [-0.15, -0.1) is 0 Å². The highest BCUT2D eigenvalue weighted by Crippen LogP contribution is 2.24. The number of hydrogen-bond acceptors (Lipinski definition) is 6. The molecule has 0 aromatic heterocycles. The normalized spacial score (nSPS) is 9.79. The number of esters is 3. The Hall–Kier alpha value is -3.92. The predicted octanol–water partition coefficient (Wildman–Crippen LogP) is 3.86. The Morgan fingerprint density at radius 2 is 1.45 bits per heavy atom. The number of nitrogens with zero attached hydrogens (tertiary/aromatic N) is 1. The summed E-state index contributed by atoms with van der Waals surface area (Å²) >= 11 is 0. The van der Waals surface area contributed by atoms with Gasteiger partial charge in [-0.25, -0.2) is 9.64 Å². The van der Waals surface area contributed by atoms with Crippen LogP contribution in [0, 0.1) is 6.57 Å². The van der Waals surface area contributed by atoms with Crippen molar-refractivity contribution in [3.05, 3.63) is 72.1 Å². The summed E-state index contributed by atoms with van der Waals surface area (Å²) < 4.78 is 14.7. The molecule has 0 unspecified atom stereocenters. The standard InChI is InChI=1S/C22H19NO6/c1-15(2)22(26)28-13-12-27-20(24)14-21(25)29-19-10-6-17(7-11-19)16-4-8-18(23-3)9-5-16/h4-11H,1,12-14H2,2H3. The molecule has 0 radical (unpaired) electrons. The largest absolute Gasteiger partial charge is 0.462 e. The molecular formula is C22H19NO6. The molecule has 0 aliphatic rings. The molecule has 0 saturated carbocycles. The molecule has 2 aromatic rings. The van der Waals surface area contributed by atoms with Crippen molar-refractivity contribution >= 4 is 23.6 Å². The fourth-order valence-electron chi connectivity index (χ4n) is 2.19. The third-order valence-corrected chi connectivity index (χ3v) is 3.63. The predicted molar refractivity (Wildman–Crippen MR) is 105 cm³/mol. The second kappa shape index (κ2) is 10.4. The smallest absolute Gasteiger partial charge is 0.333 e. The topological polar surface area (TPSA) is 83.3 Å². The number of ether oxygens (including phenoxy) is 3. The van der Waals surface area contributed by atoms with Crippen molar-refractivity contribution < 1.29 is 28.6 Å². The first-order valence-corrected chi connectivity index (χ1v) is 8.66. The zero-order valence-electron chi connectivity index (χ0n) is 15.8.